The summed E-state index contributed by atoms with van der Waals surface area (Å²) < 4.78 is 56.0. The molecule has 7 nitrogen and oxygen atoms in total. The molecule has 0 atom stereocenters. The van der Waals surface area contributed by atoms with Gasteiger partial charge in [-0.2, -0.15) is 13.5 Å². The van der Waals surface area contributed by atoms with E-state index in [2.05, 4.69) is 25.7 Å². The van der Waals surface area contributed by atoms with Gasteiger partial charge in [-0.25, -0.2) is 13.4 Å². The van der Waals surface area contributed by atoms with Gasteiger partial charge in [-0.3, -0.25) is 10.1 Å². The summed E-state index contributed by atoms with van der Waals surface area (Å²) in [4.78, 5) is 16.7. The summed E-state index contributed by atoms with van der Waals surface area (Å²) in [7, 11) is -3.76. The number of amides is 1. The molecule has 2 aromatic carbocycles. The summed E-state index contributed by atoms with van der Waals surface area (Å²) >= 11 is 1.10. The van der Waals surface area contributed by atoms with E-state index in [1.165, 1.54) is 30.3 Å². The first-order valence-corrected chi connectivity index (χ1v) is 11.0. The molecule has 0 aliphatic carbocycles. The van der Waals surface area contributed by atoms with Crippen molar-refractivity contribution in [3.05, 3.63) is 59.5 Å². The maximum atomic E-state index is 12.6. The Morgan fingerprint density at radius 1 is 1.19 bits per heavy atom. The molecule has 0 unspecified atom stereocenters. The molecular formula is C20H15F2N3O4S2. The minimum absolute atomic E-state index is 0.0316. The predicted molar refractivity (Wildman–Crippen MR) is 113 cm³/mol. The van der Waals surface area contributed by atoms with Crippen LogP contribution in [0.3, 0.4) is 0 Å². The van der Waals surface area contributed by atoms with Crippen molar-refractivity contribution in [3.63, 3.8) is 0 Å². The lowest BCUT2D eigenvalue weighted by Gasteiger charge is -2.08. The van der Waals surface area contributed by atoms with Gasteiger partial charge in [0.1, 0.15) is 5.75 Å². The highest BCUT2D eigenvalue weighted by Gasteiger charge is 2.16. The van der Waals surface area contributed by atoms with E-state index < -0.39 is 22.5 Å². The van der Waals surface area contributed by atoms with Crippen molar-refractivity contribution in [3.8, 4) is 29.4 Å². The van der Waals surface area contributed by atoms with Gasteiger partial charge in [-0.05, 0) is 36.4 Å². The van der Waals surface area contributed by atoms with Gasteiger partial charge in [0, 0.05) is 16.5 Å². The maximum Gasteiger partial charge on any atom is 0.387 e. The number of rotatable bonds is 8. The summed E-state index contributed by atoms with van der Waals surface area (Å²) in [5, 5.41) is 4.42. The van der Waals surface area contributed by atoms with Crippen molar-refractivity contribution in [1.82, 2.24) is 9.71 Å². The van der Waals surface area contributed by atoms with Gasteiger partial charge in [0.05, 0.1) is 17.1 Å². The smallest absolute Gasteiger partial charge is 0.387 e. The largest absolute Gasteiger partial charge is 0.434 e. The fourth-order valence-corrected chi connectivity index (χ4v) is 4.15. The molecule has 0 saturated carbocycles. The molecule has 11 heteroatoms. The Kier molecular flexibility index (Phi) is 6.96. The lowest BCUT2D eigenvalue weighted by molar-refractivity contribution is -0.0494. The Labute approximate surface area is 181 Å². The van der Waals surface area contributed by atoms with Crippen molar-refractivity contribution in [2.75, 3.05) is 11.9 Å². The minimum Gasteiger partial charge on any atom is -0.434 e. The number of thiazole rings is 1. The number of nitrogens with zero attached hydrogens (tertiary/aromatic N) is 1. The highest BCUT2D eigenvalue weighted by molar-refractivity contribution is 7.89. The zero-order valence-corrected chi connectivity index (χ0v) is 17.3. The average Bonchev–Trinajstić information content (AvgIpc) is 3.20. The number of benzene rings is 2. The van der Waals surface area contributed by atoms with Crippen molar-refractivity contribution >= 4 is 32.4 Å². The van der Waals surface area contributed by atoms with Crippen LogP contribution in [0.15, 0.2) is 58.8 Å². The second-order valence-corrected chi connectivity index (χ2v) is 8.54. The number of aromatic nitrogens is 1. The van der Waals surface area contributed by atoms with E-state index in [-0.39, 0.29) is 27.9 Å². The van der Waals surface area contributed by atoms with Crippen molar-refractivity contribution in [2.45, 2.75) is 11.5 Å². The average molecular weight is 463 g/mol. The summed E-state index contributed by atoms with van der Waals surface area (Å²) in [5.74, 6) is 1.62. The van der Waals surface area contributed by atoms with Crippen LogP contribution >= 0.6 is 11.3 Å². The quantitative estimate of drug-likeness (QED) is 0.498. The molecule has 1 aromatic heterocycles. The number of carbonyl (C=O) groups is 1. The minimum atomic E-state index is -3.76. The van der Waals surface area contributed by atoms with Gasteiger partial charge in [-0.15, -0.1) is 17.8 Å². The van der Waals surface area contributed by atoms with E-state index in [0.29, 0.717) is 11.3 Å². The topological polar surface area (TPSA) is 97.4 Å². The molecule has 0 aliphatic rings. The summed E-state index contributed by atoms with van der Waals surface area (Å²) in [6.07, 6.45) is 5.04. The Bertz CT molecular complexity index is 1220. The first-order chi connectivity index (χ1) is 14.8. The molecule has 160 valence electrons. The van der Waals surface area contributed by atoms with Crippen molar-refractivity contribution in [1.29, 1.82) is 0 Å². The molecule has 3 aromatic rings. The van der Waals surface area contributed by atoms with Crippen LogP contribution in [-0.4, -0.2) is 32.5 Å². The van der Waals surface area contributed by atoms with Crippen LogP contribution in [0.2, 0.25) is 0 Å². The third-order valence-corrected chi connectivity index (χ3v) is 6.07. The number of sulfonamides is 1. The van der Waals surface area contributed by atoms with E-state index in [4.69, 9.17) is 6.42 Å². The van der Waals surface area contributed by atoms with Crippen LogP contribution in [0.25, 0.3) is 11.3 Å². The van der Waals surface area contributed by atoms with Gasteiger partial charge in [0.25, 0.3) is 5.91 Å². The second-order valence-electron chi connectivity index (χ2n) is 5.92. The predicted octanol–water partition coefficient (Wildman–Crippen LogP) is 3.58. The Balaban J connectivity index is 1.73. The van der Waals surface area contributed by atoms with E-state index >= 15 is 0 Å². The number of carbonyl (C=O) groups excluding carboxylic acids is 1. The summed E-state index contributed by atoms with van der Waals surface area (Å²) in [6, 6.07) is 11.4. The molecular weight excluding hydrogens is 448 g/mol. The third kappa shape index (κ3) is 5.64. The van der Waals surface area contributed by atoms with E-state index in [1.807, 2.05) is 0 Å². The number of ether oxygens (including phenoxy) is 1. The fraction of sp³-hybridized carbons (Fsp3) is 0.100. The Morgan fingerprint density at radius 3 is 2.58 bits per heavy atom. The lowest BCUT2D eigenvalue weighted by Crippen LogP contribution is -2.24. The number of nitrogens with one attached hydrogen (secondary N) is 2. The van der Waals surface area contributed by atoms with E-state index in [1.54, 1.807) is 23.6 Å². The molecule has 31 heavy (non-hydrogen) atoms. The van der Waals surface area contributed by atoms with Crippen LogP contribution < -0.4 is 14.8 Å². The van der Waals surface area contributed by atoms with Crippen molar-refractivity contribution in [2.24, 2.45) is 0 Å². The highest BCUT2D eigenvalue weighted by atomic mass is 32.2. The van der Waals surface area contributed by atoms with Gasteiger partial charge in [-0.1, -0.05) is 18.1 Å². The number of anilines is 1. The Hall–Kier alpha value is -3.33. The number of hydrogen-bond donors (Lipinski definition) is 2. The number of terminal acetylenes is 1. The Morgan fingerprint density at radius 2 is 1.90 bits per heavy atom. The lowest BCUT2D eigenvalue weighted by atomic mass is 10.1. The van der Waals surface area contributed by atoms with Gasteiger partial charge >= 0.3 is 6.61 Å². The zero-order chi connectivity index (χ0) is 22.4. The van der Waals surface area contributed by atoms with Crippen LogP contribution in [-0.2, 0) is 10.0 Å². The SMILES string of the molecule is C#CCNS(=O)(=O)c1ccc(C(=O)Nc2nc(-c3ccccc3OC(F)F)cs2)cc1. The summed E-state index contributed by atoms with van der Waals surface area (Å²) in [6.45, 7) is -3.13. The second kappa shape index (κ2) is 9.65. The first-order valence-electron chi connectivity index (χ1n) is 8.64. The number of alkyl halides is 2. The van der Waals surface area contributed by atoms with Crippen LogP contribution in [0.4, 0.5) is 13.9 Å². The molecule has 0 bridgehead atoms. The van der Waals surface area contributed by atoms with E-state index in [0.717, 1.165) is 11.3 Å². The molecule has 2 N–H and O–H groups in total. The van der Waals surface area contributed by atoms with Gasteiger partial charge in [0.15, 0.2) is 5.13 Å². The summed E-state index contributed by atoms with van der Waals surface area (Å²) in [5.41, 5.74) is 0.917. The molecule has 0 saturated heterocycles. The molecule has 0 fully saturated rings. The van der Waals surface area contributed by atoms with E-state index in [9.17, 15) is 22.0 Å². The molecule has 1 heterocycles. The van der Waals surface area contributed by atoms with Crippen molar-refractivity contribution < 1.29 is 26.7 Å². The number of hydrogen-bond acceptors (Lipinski definition) is 6. The maximum absolute atomic E-state index is 12.6. The van der Waals surface area contributed by atoms with Gasteiger partial charge < -0.3 is 4.74 Å². The molecule has 3 rings (SSSR count). The van der Waals surface area contributed by atoms with Crippen LogP contribution in [0.5, 0.6) is 5.75 Å². The highest BCUT2D eigenvalue weighted by Crippen LogP contribution is 2.33. The van der Waals surface area contributed by atoms with Crippen LogP contribution in [0, 0.1) is 12.3 Å². The first kappa shape index (κ1) is 22.4. The number of halogens is 2. The molecule has 1 amide bonds. The van der Waals surface area contributed by atoms with Gasteiger partial charge in [0.2, 0.25) is 10.0 Å². The molecule has 0 radical (unpaired) electrons. The monoisotopic (exact) mass is 463 g/mol. The molecule has 0 aliphatic heterocycles. The standard InChI is InChI=1S/C20H15F2N3O4S2/c1-2-11-23-31(27,28)14-9-7-13(8-10-14)18(26)25-20-24-16(12-30-20)15-5-3-4-6-17(15)29-19(21)22/h1,3-10,12,19,23H,11H2,(H,24,25,26). The fourth-order valence-electron chi connectivity index (χ4n) is 2.51. The number of para-hydroxylation sites is 1. The normalized spacial score (nSPS) is 11.2. The van der Waals surface area contributed by atoms with Crippen LogP contribution in [0.1, 0.15) is 10.4 Å². The zero-order valence-electron chi connectivity index (χ0n) is 15.7. The third-order valence-electron chi connectivity index (χ3n) is 3.89. The molecule has 0 spiro atoms.